The Bertz CT molecular complexity index is 491. The molecule has 0 radical (unpaired) electrons. The van der Waals surface area contributed by atoms with Gasteiger partial charge in [0.05, 0.1) is 11.8 Å². The van der Waals surface area contributed by atoms with Crippen LogP contribution in [0.3, 0.4) is 0 Å². The number of carbonyl (C=O) groups excluding carboxylic acids is 1. The molecule has 2 aliphatic rings. The molecular weight excluding hydrogens is 284 g/mol. The molecule has 2 amide bonds. The molecule has 0 spiro atoms. The van der Waals surface area contributed by atoms with Gasteiger partial charge in [0.2, 0.25) is 0 Å². The molecule has 2 fully saturated rings. The Hall–Kier alpha value is -1.60. The number of aromatic nitrogens is 1. The van der Waals surface area contributed by atoms with Crippen LogP contribution in [0.2, 0.25) is 0 Å². The lowest BCUT2D eigenvalue weighted by Crippen LogP contribution is -2.52. The number of aryl methyl sites for hydroxylation is 1. The number of urea groups is 1. The molecule has 122 valence electrons. The number of ether oxygens (including phenoxy) is 1. The second kappa shape index (κ2) is 7.11. The first-order valence-electron chi connectivity index (χ1n) is 7.99. The van der Waals surface area contributed by atoms with Gasteiger partial charge in [-0.1, -0.05) is 5.16 Å². The van der Waals surface area contributed by atoms with Crippen LogP contribution < -0.4 is 5.32 Å². The standard InChI is InChI=1S/C15H24N4O3/c1-12-9-13(17-22-12)11-18-4-6-19(7-5-18)15(20)16-10-14-3-2-8-21-14/h9,14H,2-8,10-11H2,1H3,(H,16,20)/t14-/m1/s1. The van der Waals surface area contributed by atoms with Gasteiger partial charge in [-0.2, -0.15) is 0 Å². The summed E-state index contributed by atoms with van der Waals surface area (Å²) in [7, 11) is 0. The maximum Gasteiger partial charge on any atom is 0.317 e. The average molecular weight is 308 g/mol. The fourth-order valence-corrected chi connectivity index (χ4v) is 2.95. The van der Waals surface area contributed by atoms with Crippen LogP contribution in [0.25, 0.3) is 0 Å². The van der Waals surface area contributed by atoms with Crippen molar-refractivity contribution in [3.8, 4) is 0 Å². The highest BCUT2D eigenvalue weighted by Gasteiger charge is 2.23. The first kappa shape index (κ1) is 15.3. The third kappa shape index (κ3) is 3.98. The quantitative estimate of drug-likeness (QED) is 0.898. The van der Waals surface area contributed by atoms with Gasteiger partial charge in [-0.3, -0.25) is 4.90 Å². The Balaban J connectivity index is 1.38. The summed E-state index contributed by atoms with van der Waals surface area (Å²) < 4.78 is 10.6. The molecule has 7 nitrogen and oxygen atoms in total. The molecule has 1 N–H and O–H groups in total. The van der Waals surface area contributed by atoms with E-state index in [9.17, 15) is 4.79 Å². The van der Waals surface area contributed by atoms with Gasteiger partial charge >= 0.3 is 6.03 Å². The van der Waals surface area contributed by atoms with Gasteiger partial charge in [0.25, 0.3) is 0 Å². The number of hydrogen-bond donors (Lipinski definition) is 1. The lowest BCUT2D eigenvalue weighted by Gasteiger charge is -2.34. The zero-order valence-corrected chi connectivity index (χ0v) is 13.1. The van der Waals surface area contributed by atoms with Crippen molar-refractivity contribution in [1.29, 1.82) is 0 Å². The van der Waals surface area contributed by atoms with E-state index in [-0.39, 0.29) is 12.1 Å². The van der Waals surface area contributed by atoms with E-state index in [2.05, 4.69) is 15.4 Å². The van der Waals surface area contributed by atoms with Crippen LogP contribution in [0.1, 0.15) is 24.3 Å². The average Bonchev–Trinajstić information content (AvgIpc) is 3.17. The molecule has 0 bridgehead atoms. The zero-order chi connectivity index (χ0) is 15.4. The smallest absolute Gasteiger partial charge is 0.317 e. The normalized spacial score (nSPS) is 23.0. The van der Waals surface area contributed by atoms with E-state index < -0.39 is 0 Å². The third-order valence-electron chi connectivity index (χ3n) is 4.23. The molecule has 3 heterocycles. The molecule has 22 heavy (non-hydrogen) atoms. The van der Waals surface area contributed by atoms with E-state index in [0.29, 0.717) is 6.54 Å². The number of rotatable bonds is 4. The predicted molar refractivity (Wildman–Crippen MR) is 80.5 cm³/mol. The number of piperazine rings is 1. The Labute approximate surface area is 130 Å². The summed E-state index contributed by atoms with van der Waals surface area (Å²) in [4.78, 5) is 16.3. The maximum atomic E-state index is 12.1. The molecule has 2 aliphatic heterocycles. The second-order valence-electron chi connectivity index (χ2n) is 6.01. The SMILES string of the molecule is Cc1cc(CN2CCN(C(=O)NC[C@H]3CCCO3)CC2)no1. The topological polar surface area (TPSA) is 70.8 Å². The Morgan fingerprint density at radius 2 is 2.23 bits per heavy atom. The van der Waals surface area contributed by atoms with E-state index in [1.54, 1.807) is 0 Å². The fourth-order valence-electron chi connectivity index (χ4n) is 2.95. The van der Waals surface area contributed by atoms with Crippen LogP contribution >= 0.6 is 0 Å². The van der Waals surface area contributed by atoms with E-state index in [0.717, 1.165) is 63.6 Å². The van der Waals surface area contributed by atoms with E-state index in [1.807, 2.05) is 17.9 Å². The van der Waals surface area contributed by atoms with Crippen LogP contribution in [0.5, 0.6) is 0 Å². The Morgan fingerprint density at radius 1 is 1.41 bits per heavy atom. The van der Waals surface area contributed by atoms with E-state index in [4.69, 9.17) is 9.26 Å². The Kier molecular flexibility index (Phi) is 4.94. The highest BCUT2D eigenvalue weighted by molar-refractivity contribution is 5.74. The van der Waals surface area contributed by atoms with Crippen LogP contribution in [-0.4, -0.2) is 66.4 Å². The molecular formula is C15H24N4O3. The number of nitrogens with one attached hydrogen (secondary N) is 1. The monoisotopic (exact) mass is 308 g/mol. The van der Waals surface area contributed by atoms with Gasteiger partial charge in [-0.05, 0) is 19.8 Å². The number of nitrogens with zero attached hydrogens (tertiary/aromatic N) is 3. The van der Waals surface area contributed by atoms with Crippen LogP contribution in [-0.2, 0) is 11.3 Å². The molecule has 1 atom stereocenters. The van der Waals surface area contributed by atoms with Gasteiger partial charge in [0.1, 0.15) is 5.76 Å². The minimum Gasteiger partial charge on any atom is -0.376 e. The zero-order valence-electron chi connectivity index (χ0n) is 13.1. The summed E-state index contributed by atoms with van der Waals surface area (Å²) in [6, 6.07) is 1.98. The summed E-state index contributed by atoms with van der Waals surface area (Å²) in [6.45, 7) is 7.33. The third-order valence-corrected chi connectivity index (χ3v) is 4.23. The van der Waals surface area contributed by atoms with Crippen molar-refractivity contribution >= 4 is 6.03 Å². The van der Waals surface area contributed by atoms with Crippen molar-refractivity contribution in [1.82, 2.24) is 20.3 Å². The van der Waals surface area contributed by atoms with Crippen LogP contribution in [0.15, 0.2) is 10.6 Å². The minimum absolute atomic E-state index is 0.0208. The van der Waals surface area contributed by atoms with E-state index >= 15 is 0 Å². The van der Waals surface area contributed by atoms with Gasteiger partial charge in [0, 0.05) is 51.9 Å². The highest BCUT2D eigenvalue weighted by Crippen LogP contribution is 2.11. The molecule has 7 heteroatoms. The van der Waals surface area contributed by atoms with Crippen molar-refractivity contribution in [2.45, 2.75) is 32.4 Å². The molecule has 0 aliphatic carbocycles. The summed E-state index contributed by atoms with van der Waals surface area (Å²) in [5.74, 6) is 0.835. The maximum absolute atomic E-state index is 12.1. The van der Waals surface area contributed by atoms with Gasteiger partial charge in [0.15, 0.2) is 0 Å². The molecule has 1 aromatic heterocycles. The lowest BCUT2D eigenvalue weighted by atomic mass is 10.2. The molecule has 0 aromatic carbocycles. The first-order chi connectivity index (χ1) is 10.7. The van der Waals surface area contributed by atoms with Gasteiger partial charge in [-0.15, -0.1) is 0 Å². The minimum atomic E-state index is 0.0208. The van der Waals surface area contributed by atoms with Crippen LogP contribution in [0.4, 0.5) is 4.79 Å². The summed E-state index contributed by atoms with van der Waals surface area (Å²) in [6.07, 6.45) is 2.34. The number of carbonyl (C=O) groups is 1. The summed E-state index contributed by atoms with van der Waals surface area (Å²) in [5, 5.41) is 6.99. The van der Waals surface area contributed by atoms with Gasteiger partial charge in [-0.25, -0.2) is 4.79 Å². The van der Waals surface area contributed by atoms with E-state index in [1.165, 1.54) is 0 Å². The molecule has 0 saturated carbocycles. The van der Waals surface area contributed by atoms with Crippen molar-refractivity contribution in [3.63, 3.8) is 0 Å². The van der Waals surface area contributed by atoms with Crippen molar-refractivity contribution < 1.29 is 14.1 Å². The highest BCUT2D eigenvalue weighted by atomic mass is 16.5. The molecule has 0 unspecified atom stereocenters. The Morgan fingerprint density at radius 3 is 2.86 bits per heavy atom. The first-order valence-corrected chi connectivity index (χ1v) is 7.99. The summed E-state index contributed by atoms with van der Waals surface area (Å²) >= 11 is 0. The lowest BCUT2D eigenvalue weighted by molar-refractivity contribution is 0.103. The molecule has 2 saturated heterocycles. The molecule has 3 rings (SSSR count). The van der Waals surface area contributed by atoms with Crippen molar-refractivity contribution in [3.05, 3.63) is 17.5 Å². The van der Waals surface area contributed by atoms with Crippen molar-refractivity contribution in [2.24, 2.45) is 0 Å². The van der Waals surface area contributed by atoms with Crippen LogP contribution in [0, 0.1) is 6.92 Å². The van der Waals surface area contributed by atoms with Crippen molar-refractivity contribution in [2.75, 3.05) is 39.3 Å². The number of amides is 2. The van der Waals surface area contributed by atoms with Gasteiger partial charge < -0.3 is 19.5 Å². The second-order valence-corrected chi connectivity index (χ2v) is 6.01. The fraction of sp³-hybridized carbons (Fsp3) is 0.733. The summed E-state index contributed by atoms with van der Waals surface area (Å²) in [5.41, 5.74) is 0.953. The number of hydrogen-bond acceptors (Lipinski definition) is 5. The molecule has 1 aromatic rings. The largest absolute Gasteiger partial charge is 0.376 e. The predicted octanol–water partition coefficient (Wildman–Crippen LogP) is 0.989.